The summed E-state index contributed by atoms with van der Waals surface area (Å²) in [4.78, 5) is 0.314. The lowest BCUT2D eigenvalue weighted by molar-refractivity contribution is 0.273. The van der Waals surface area contributed by atoms with Crippen molar-refractivity contribution in [1.29, 1.82) is 0 Å². The highest BCUT2D eigenvalue weighted by Crippen LogP contribution is 2.27. The Morgan fingerprint density at radius 2 is 1.13 bits per heavy atom. The second kappa shape index (κ2) is 8.78. The Bertz CT molecular complexity index is 1050. The maximum absolute atomic E-state index is 13.0. The van der Waals surface area contributed by atoms with E-state index in [-0.39, 0.29) is 9.79 Å². The van der Waals surface area contributed by atoms with Crippen LogP contribution in [-0.2, 0) is 26.5 Å². The van der Waals surface area contributed by atoms with Crippen molar-refractivity contribution in [3.8, 4) is 0 Å². The molecule has 0 unspecified atom stereocenters. The van der Waals surface area contributed by atoms with Crippen LogP contribution in [0.3, 0.4) is 0 Å². The predicted molar refractivity (Wildman–Crippen MR) is 116 cm³/mol. The molecule has 0 atom stereocenters. The molecule has 0 radical (unpaired) electrons. The van der Waals surface area contributed by atoms with E-state index in [1.165, 1.54) is 38.4 Å². The van der Waals surface area contributed by atoms with Crippen LogP contribution in [-0.4, -0.2) is 51.6 Å². The third kappa shape index (κ3) is 4.46. The molecule has 2 aliphatic rings. The van der Waals surface area contributed by atoms with E-state index in [0.717, 1.165) is 32.1 Å². The summed E-state index contributed by atoms with van der Waals surface area (Å²) in [6.45, 7) is 2.04. The molecule has 0 spiro atoms. The minimum atomic E-state index is -3.61. The summed E-state index contributed by atoms with van der Waals surface area (Å²) in [5.41, 5.74) is 1.29. The number of hydrogen-bond acceptors (Lipinski definition) is 4. The first-order valence-electron chi connectivity index (χ1n) is 10.5. The molecule has 0 aromatic heterocycles. The van der Waals surface area contributed by atoms with Crippen molar-refractivity contribution in [1.82, 2.24) is 8.61 Å². The Kier molecular flexibility index (Phi) is 6.29. The van der Waals surface area contributed by atoms with Crippen LogP contribution in [0.15, 0.2) is 64.4 Å². The van der Waals surface area contributed by atoms with E-state index in [4.69, 9.17) is 0 Å². The molecule has 8 heteroatoms. The van der Waals surface area contributed by atoms with E-state index >= 15 is 0 Å². The fourth-order valence-corrected chi connectivity index (χ4v) is 7.30. The summed E-state index contributed by atoms with van der Waals surface area (Å²) in [6, 6.07) is 16.0. The molecule has 162 valence electrons. The molecule has 2 aromatic rings. The molecule has 0 bridgehead atoms. The maximum Gasteiger partial charge on any atom is 0.243 e. The van der Waals surface area contributed by atoms with Crippen LogP contribution in [0.1, 0.15) is 31.2 Å². The first kappa shape index (κ1) is 21.5. The lowest BCUT2D eigenvalue weighted by atomic mass is 9.91. The minimum absolute atomic E-state index is 0.157. The molecule has 4 rings (SSSR count). The Hall–Kier alpha value is -1.74. The molecule has 2 heterocycles. The van der Waals surface area contributed by atoms with Gasteiger partial charge in [0.25, 0.3) is 0 Å². The van der Waals surface area contributed by atoms with Gasteiger partial charge in [0.15, 0.2) is 0 Å². The van der Waals surface area contributed by atoms with Crippen LogP contribution in [0.25, 0.3) is 0 Å². The number of nitrogens with zero attached hydrogens (tertiary/aromatic N) is 2. The van der Waals surface area contributed by atoms with Gasteiger partial charge in [-0.05, 0) is 67.9 Å². The van der Waals surface area contributed by atoms with Gasteiger partial charge in [0.2, 0.25) is 20.0 Å². The van der Waals surface area contributed by atoms with Crippen LogP contribution in [0.4, 0.5) is 0 Å². The molecule has 2 aromatic carbocycles. The van der Waals surface area contributed by atoms with E-state index in [2.05, 4.69) is 12.1 Å². The molecule has 2 saturated heterocycles. The van der Waals surface area contributed by atoms with Gasteiger partial charge in [0.1, 0.15) is 0 Å². The molecular formula is C22H28N2O4S2. The highest BCUT2D eigenvalue weighted by molar-refractivity contribution is 7.89. The number of benzene rings is 2. The Morgan fingerprint density at radius 1 is 0.667 bits per heavy atom. The van der Waals surface area contributed by atoms with Gasteiger partial charge in [-0.15, -0.1) is 0 Å². The monoisotopic (exact) mass is 448 g/mol. The van der Waals surface area contributed by atoms with E-state index in [9.17, 15) is 16.8 Å². The van der Waals surface area contributed by atoms with Crippen molar-refractivity contribution in [2.75, 3.05) is 26.2 Å². The molecular weight excluding hydrogens is 420 g/mol. The first-order chi connectivity index (χ1) is 14.4. The third-order valence-electron chi connectivity index (χ3n) is 6.11. The van der Waals surface area contributed by atoms with Crippen LogP contribution in [0.5, 0.6) is 0 Å². The van der Waals surface area contributed by atoms with E-state index < -0.39 is 20.0 Å². The van der Waals surface area contributed by atoms with Gasteiger partial charge in [-0.2, -0.15) is 8.61 Å². The molecule has 0 saturated carbocycles. The van der Waals surface area contributed by atoms with Crippen molar-refractivity contribution in [3.05, 3.63) is 60.2 Å². The second-order valence-electron chi connectivity index (χ2n) is 8.12. The zero-order valence-corrected chi connectivity index (χ0v) is 18.6. The third-order valence-corrected chi connectivity index (χ3v) is 9.93. The number of piperidine rings is 1. The van der Waals surface area contributed by atoms with E-state index in [0.29, 0.717) is 32.1 Å². The van der Waals surface area contributed by atoms with Crippen molar-refractivity contribution < 1.29 is 16.8 Å². The lowest BCUT2D eigenvalue weighted by Gasteiger charge is -2.31. The molecule has 0 aliphatic carbocycles. The summed E-state index contributed by atoms with van der Waals surface area (Å²) < 4.78 is 54.4. The zero-order valence-electron chi connectivity index (χ0n) is 17.0. The highest BCUT2D eigenvalue weighted by Gasteiger charge is 2.31. The van der Waals surface area contributed by atoms with Gasteiger partial charge in [0.05, 0.1) is 9.79 Å². The zero-order chi connectivity index (χ0) is 21.2. The minimum Gasteiger partial charge on any atom is -0.207 e. The second-order valence-corrected chi connectivity index (χ2v) is 12.0. The Labute approximate surface area is 179 Å². The molecule has 30 heavy (non-hydrogen) atoms. The fourth-order valence-electron chi connectivity index (χ4n) is 4.31. The maximum atomic E-state index is 13.0. The first-order valence-corrected chi connectivity index (χ1v) is 13.4. The van der Waals surface area contributed by atoms with Crippen molar-refractivity contribution in [2.45, 2.75) is 41.9 Å². The number of hydrogen-bond donors (Lipinski definition) is 0. The van der Waals surface area contributed by atoms with E-state index in [1.807, 2.05) is 18.2 Å². The topological polar surface area (TPSA) is 74.8 Å². The highest BCUT2D eigenvalue weighted by atomic mass is 32.2. The quantitative estimate of drug-likeness (QED) is 0.681. The Balaban J connectivity index is 1.41. The Morgan fingerprint density at radius 3 is 1.63 bits per heavy atom. The van der Waals surface area contributed by atoms with Crippen LogP contribution in [0.2, 0.25) is 0 Å². The average molecular weight is 449 g/mol. The standard InChI is InChI=1S/C22H28N2O4S2/c25-29(26,23-14-4-5-15-23)21-8-10-22(11-9-21)30(27,28)24-16-12-20(13-17-24)18-19-6-2-1-3-7-19/h1-3,6-11,20H,4-5,12-18H2. The molecule has 0 amide bonds. The predicted octanol–water partition coefficient (Wildman–Crippen LogP) is 3.11. The van der Waals surface area contributed by atoms with Gasteiger partial charge in [-0.1, -0.05) is 30.3 Å². The molecule has 0 N–H and O–H groups in total. The van der Waals surface area contributed by atoms with Crippen LogP contribution in [0, 0.1) is 5.92 Å². The lowest BCUT2D eigenvalue weighted by Crippen LogP contribution is -2.38. The van der Waals surface area contributed by atoms with Crippen molar-refractivity contribution in [2.24, 2.45) is 5.92 Å². The SMILES string of the molecule is O=S(=O)(c1ccc(S(=O)(=O)N2CCC(Cc3ccccc3)CC2)cc1)N1CCCC1. The normalized spacial score (nSPS) is 19.9. The smallest absolute Gasteiger partial charge is 0.207 e. The van der Waals surface area contributed by atoms with Gasteiger partial charge < -0.3 is 0 Å². The fraction of sp³-hybridized carbons (Fsp3) is 0.455. The molecule has 2 fully saturated rings. The average Bonchev–Trinajstić information content (AvgIpc) is 3.31. The summed E-state index contributed by atoms with van der Waals surface area (Å²) in [5, 5.41) is 0. The summed E-state index contributed by atoms with van der Waals surface area (Å²) >= 11 is 0. The van der Waals surface area contributed by atoms with Crippen molar-refractivity contribution >= 4 is 20.0 Å². The van der Waals surface area contributed by atoms with E-state index in [1.54, 1.807) is 0 Å². The van der Waals surface area contributed by atoms with Crippen LogP contribution < -0.4 is 0 Å². The molecule has 2 aliphatic heterocycles. The van der Waals surface area contributed by atoms with Crippen molar-refractivity contribution in [3.63, 3.8) is 0 Å². The summed E-state index contributed by atoms with van der Waals surface area (Å²) in [6.07, 6.45) is 4.36. The summed E-state index contributed by atoms with van der Waals surface area (Å²) in [5.74, 6) is 0.479. The molecule has 6 nitrogen and oxygen atoms in total. The van der Waals surface area contributed by atoms with Gasteiger partial charge >= 0.3 is 0 Å². The van der Waals surface area contributed by atoms with Gasteiger partial charge in [0, 0.05) is 26.2 Å². The summed E-state index contributed by atoms with van der Waals surface area (Å²) in [7, 11) is -7.15. The van der Waals surface area contributed by atoms with Gasteiger partial charge in [-0.25, -0.2) is 16.8 Å². The number of sulfonamides is 2. The largest absolute Gasteiger partial charge is 0.243 e. The van der Waals surface area contributed by atoms with Gasteiger partial charge in [-0.3, -0.25) is 0 Å². The number of rotatable bonds is 6. The van der Waals surface area contributed by atoms with Crippen LogP contribution >= 0.6 is 0 Å².